The van der Waals surface area contributed by atoms with Crippen molar-refractivity contribution in [3.05, 3.63) is 11.1 Å². The average Bonchev–Trinajstić information content (AvgIpc) is 3.17. The standard InChI is InChI=1S/C8H12N3O3.C2H5NO/c1-13-8-7(11(12)14-2)5-10(9-8)6-3-4-6;1-3-2-4/h5-6H,3-4H2,1-2H3;2H,1H3,(H,3,4)/q+1;. The van der Waals surface area contributed by atoms with Crippen LogP contribution in [-0.2, 0) is 9.63 Å². The minimum absolute atomic E-state index is 0.300. The van der Waals surface area contributed by atoms with Crippen molar-refractivity contribution >= 4 is 12.1 Å². The summed E-state index contributed by atoms with van der Waals surface area (Å²) < 4.78 is 6.72. The van der Waals surface area contributed by atoms with E-state index in [0.717, 1.165) is 12.8 Å². The zero-order valence-electron chi connectivity index (χ0n) is 10.6. The van der Waals surface area contributed by atoms with Gasteiger partial charge in [0.1, 0.15) is 6.20 Å². The zero-order chi connectivity index (χ0) is 13.5. The number of nitrogens with zero attached hydrogens (tertiary/aromatic N) is 3. The van der Waals surface area contributed by atoms with Gasteiger partial charge in [-0.3, -0.25) is 9.48 Å². The molecule has 1 aromatic heterocycles. The molecule has 8 heteroatoms. The maximum absolute atomic E-state index is 11.2. The molecule has 0 bridgehead atoms. The number of ether oxygens (including phenoxy) is 1. The summed E-state index contributed by atoms with van der Waals surface area (Å²) in [5, 5.41) is 6.38. The van der Waals surface area contributed by atoms with E-state index in [1.54, 1.807) is 17.9 Å². The van der Waals surface area contributed by atoms with Crippen molar-refractivity contribution in [3.8, 4) is 5.88 Å². The summed E-state index contributed by atoms with van der Waals surface area (Å²) in [6.07, 6.45) is 4.49. The van der Waals surface area contributed by atoms with Gasteiger partial charge in [0.05, 0.1) is 18.1 Å². The second kappa shape index (κ2) is 6.58. The maximum Gasteiger partial charge on any atom is 0.397 e. The van der Waals surface area contributed by atoms with Gasteiger partial charge in [0.15, 0.2) is 7.11 Å². The predicted octanol–water partition coefficient (Wildman–Crippen LogP) is 0.561. The quantitative estimate of drug-likeness (QED) is 0.615. The second-order valence-electron chi connectivity index (χ2n) is 3.58. The van der Waals surface area contributed by atoms with Crippen molar-refractivity contribution in [1.82, 2.24) is 15.1 Å². The highest BCUT2D eigenvalue weighted by molar-refractivity contribution is 5.44. The molecule has 1 fully saturated rings. The minimum atomic E-state index is 0.300. The van der Waals surface area contributed by atoms with Gasteiger partial charge in [0.25, 0.3) is 4.92 Å². The molecule has 1 aromatic rings. The Kier molecular flexibility index (Phi) is 5.09. The van der Waals surface area contributed by atoms with Gasteiger partial charge in [-0.25, -0.2) is 4.84 Å². The third-order valence-electron chi connectivity index (χ3n) is 2.27. The maximum atomic E-state index is 11.2. The number of nitrogens with one attached hydrogen (secondary N) is 1. The molecular weight excluding hydrogens is 240 g/mol. The molecule has 1 amide bonds. The van der Waals surface area contributed by atoms with E-state index in [2.05, 4.69) is 15.3 Å². The molecule has 1 aliphatic rings. The lowest BCUT2D eigenvalue weighted by atomic mass is 10.5. The third-order valence-corrected chi connectivity index (χ3v) is 2.27. The van der Waals surface area contributed by atoms with Crippen molar-refractivity contribution in [2.75, 3.05) is 21.3 Å². The highest BCUT2D eigenvalue weighted by Gasteiger charge is 2.32. The fraction of sp³-hybridized carbons (Fsp3) is 0.600. The Morgan fingerprint density at radius 3 is 2.56 bits per heavy atom. The Bertz CT molecular complexity index is 414. The van der Waals surface area contributed by atoms with E-state index in [1.165, 1.54) is 14.2 Å². The van der Waals surface area contributed by atoms with Crippen LogP contribution in [0.1, 0.15) is 18.9 Å². The first-order valence-corrected chi connectivity index (χ1v) is 5.43. The van der Waals surface area contributed by atoms with Crippen LogP contribution in [0.5, 0.6) is 5.88 Å². The van der Waals surface area contributed by atoms with Gasteiger partial charge >= 0.3 is 11.6 Å². The summed E-state index contributed by atoms with van der Waals surface area (Å²) in [6, 6.07) is 0.419. The molecule has 1 aliphatic carbocycles. The summed E-state index contributed by atoms with van der Waals surface area (Å²) in [5.41, 5.74) is 0.307. The smallest absolute Gasteiger partial charge is 0.397 e. The van der Waals surface area contributed by atoms with Gasteiger partial charge in [-0.2, -0.15) is 0 Å². The summed E-state index contributed by atoms with van der Waals surface area (Å²) in [4.78, 5) is 25.2. The Balaban J connectivity index is 0.000000357. The molecule has 2 rings (SSSR count). The number of hydrogen-bond donors (Lipinski definition) is 1. The van der Waals surface area contributed by atoms with E-state index in [-0.39, 0.29) is 0 Å². The first kappa shape index (κ1) is 13.9. The van der Waals surface area contributed by atoms with Crippen LogP contribution in [0.4, 0.5) is 5.69 Å². The SMILES string of the molecule is CNC=O.COc1nn(C2CC2)cc1[N+](=O)OC. The largest absolute Gasteiger partial charge is 0.475 e. The Morgan fingerprint density at radius 2 is 2.17 bits per heavy atom. The lowest BCUT2D eigenvalue weighted by molar-refractivity contribution is -0.736. The molecule has 8 nitrogen and oxygen atoms in total. The lowest BCUT2D eigenvalue weighted by Crippen LogP contribution is -1.98. The minimum Gasteiger partial charge on any atom is -0.475 e. The molecule has 100 valence electrons. The van der Waals surface area contributed by atoms with Crippen molar-refractivity contribution < 1.29 is 19.3 Å². The number of amides is 1. The molecular formula is C10H17N4O4+. The van der Waals surface area contributed by atoms with Crippen LogP contribution in [0, 0.1) is 4.91 Å². The second-order valence-corrected chi connectivity index (χ2v) is 3.58. The average molecular weight is 257 g/mol. The Hall–Kier alpha value is -2.12. The van der Waals surface area contributed by atoms with Gasteiger partial charge in [-0.15, -0.1) is 5.10 Å². The lowest BCUT2D eigenvalue weighted by Gasteiger charge is -1.92. The molecule has 1 N–H and O–H groups in total. The fourth-order valence-corrected chi connectivity index (χ4v) is 1.26. The predicted molar refractivity (Wildman–Crippen MR) is 62.5 cm³/mol. The molecule has 0 aromatic carbocycles. The molecule has 0 atom stereocenters. The van der Waals surface area contributed by atoms with Crippen LogP contribution in [-0.4, -0.2) is 42.4 Å². The van der Waals surface area contributed by atoms with Gasteiger partial charge in [0, 0.05) is 7.05 Å². The first-order valence-electron chi connectivity index (χ1n) is 5.43. The Labute approximate surface area is 104 Å². The van der Waals surface area contributed by atoms with Crippen LogP contribution in [0.15, 0.2) is 6.20 Å². The van der Waals surface area contributed by atoms with Crippen LogP contribution in [0.2, 0.25) is 0 Å². The van der Waals surface area contributed by atoms with Gasteiger partial charge in [-0.05, 0) is 12.8 Å². The number of hydrogen-bond acceptors (Lipinski definition) is 5. The highest BCUT2D eigenvalue weighted by Crippen LogP contribution is 2.37. The number of carbonyl (C=O) groups is 1. The van der Waals surface area contributed by atoms with Crippen molar-refractivity contribution in [3.63, 3.8) is 0 Å². The van der Waals surface area contributed by atoms with E-state index >= 15 is 0 Å². The summed E-state index contributed by atoms with van der Waals surface area (Å²) in [6.45, 7) is 0. The molecule has 0 spiro atoms. The van der Waals surface area contributed by atoms with Gasteiger partial charge in [0.2, 0.25) is 6.41 Å². The molecule has 0 saturated heterocycles. The van der Waals surface area contributed by atoms with E-state index < -0.39 is 0 Å². The number of rotatable bonds is 5. The van der Waals surface area contributed by atoms with Gasteiger partial charge < -0.3 is 10.1 Å². The zero-order valence-corrected chi connectivity index (χ0v) is 10.6. The molecule has 0 radical (unpaired) electrons. The summed E-state index contributed by atoms with van der Waals surface area (Å²) in [5.74, 6) is 0.300. The topological polar surface area (TPSA) is 85.5 Å². The Morgan fingerprint density at radius 1 is 1.56 bits per heavy atom. The van der Waals surface area contributed by atoms with Crippen LogP contribution in [0.25, 0.3) is 0 Å². The van der Waals surface area contributed by atoms with Gasteiger partial charge in [-0.1, -0.05) is 0 Å². The number of methoxy groups -OCH3 is 1. The molecule has 1 saturated carbocycles. The van der Waals surface area contributed by atoms with Crippen LogP contribution >= 0.6 is 0 Å². The van der Waals surface area contributed by atoms with E-state index in [1.807, 2.05) is 0 Å². The van der Waals surface area contributed by atoms with Crippen molar-refractivity contribution in [2.45, 2.75) is 18.9 Å². The number of carbonyl (C=O) groups excluding carboxylic acids is 1. The number of aromatic nitrogens is 2. The normalized spacial score (nSPS) is 13.1. The molecule has 1 heterocycles. The van der Waals surface area contributed by atoms with Crippen LogP contribution < -0.4 is 10.1 Å². The van der Waals surface area contributed by atoms with Crippen molar-refractivity contribution in [2.24, 2.45) is 0 Å². The first-order chi connectivity index (χ1) is 8.67. The fourth-order valence-electron chi connectivity index (χ4n) is 1.26. The third kappa shape index (κ3) is 3.44. The van der Waals surface area contributed by atoms with E-state index in [9.17, 15) is 4.91 Å². The summed E-state index contributed by atoms with van der Waals surface area (Å²) >= 11 is 0. The molecule has 0 unspecified atom stereocenters. The van der Waals surface area contributed by atoms with Crippen molar-refractivity contribution in [1.29, 1.82) is 0 Å². The van der Waals surface area contributed by atoms with Crippen LogP contribution in [0.3, 0.4) is 0 Å². The highest BCUT2D eigenvalue weighted by atomic mass is 16.8. The molecule has 0 aliphatic heterocycles. The monoisotopic (exact) mass is 257 g/mol. The summed E-state index contributed by atoms with van der Waals surface area (Å²) in [7, 11) is 4.35. The molecule has 18 heavy (non-hydrogen) atoms. The van der Waals surface area contributed by atoms with E-state index in [4.69, 9.17) is 9.53 Å². The van der Waals surface area contributed by atoms with E-state index in [0.29, 0.717) is 28.9 Å².